The summed E-state index contributed by atoms with van der Waals surface area (Å²) in [7, 11) is 0. The van der Waals surface area contributed by atoms with Gasteiger partial charge in [-0.25, -0.2) is 0 Å². The molecule has 5 heteroatoms. The van der Waals surface area contributed by atoms with Gasteiger partial charge in [-0.3, -0.25) is 4.99 Å². The zero-order valence-electron chi connectivity index (χ0n) is 13.0. The standard InChI is InChI=1S/C14H32N4.HI/c1-4-7-8-9-10-16-14(15)17-11-13-18(6-3)12-5-2;/h4-13H2,1-3H3,(H3,15,16,17);1H. The van der Waals surface area contributed by atoms with Crippen LogP contribution in [0.1, 0.15) is 52.9 Å². The number of aliphatic imine (C=N–C) groups is 1. The molecule has 19 heavy (non-hydrogen) atoms. The molecule has 0 heterocycles. The van der Waals surface area contributed by atoms with Crippen LogP contribution in [0.5, 0.6) is 0 Å². The molecule has 0 fully saturated rings. The molecule has 116 valence electrons. The van der Waals surface area contributed by atoms with Gasteiger partial charge in [0.15, 0.2) is 5.96 Å². The zero-order valence-corrected chi connectivity index (χ0v) is 15.3. The summed E-state index contributed by atoms with van der Waals surface area (Å²) in [5.74, 6) is 0.596. The Bertz CT molecular complexity index is 210. The normalized spacial score (nSPS) is 11.5. The Morgan fingerprint density at radius 1 is 1.05 bits per heavy atom. The minimum Gasteiger partial charge on any atom is -0.370 e. The van der Waals surface area contributed by atoms with E-state index in [1.165, 1.54) is 25.7 Å². The fourth-order valence-corrected chi connectivity index (χ4v) is 1.88. The molecule has 0 amide bonds. The number of halogens is 1. The number of nitrogens with two attached hydrogens (primary N) is 1. The van der Waals surface area contributed by atoms with Crippen LogP contribution in [0.25, 0.3) is 0 Å². The minimum absolute atomic E-state index is 0. The van der Waals surface area contributed by atoms with Gasteiger partial charge in [0.25, 0.3) is 0 Å². The van der Waals surface area contributed by atoms with E-state index in [9.17, 15) is 0 Å². The molecule has 0 aliphatic heterocycles. The molecule has 3 N–H and O–H groups in total. The summed E-state index contributed by atoms with van der Waals surface area (Å²) in [4.78, 5) is 6.75. The van der Waals surface area contributed by atoms with Crippen LogP contribution in [0.4, 0.5) is 0 Å². The molecular weight excluding hydrogens is 351 g/mol. The summed E-state index contributed by atoms with van der Waals surface area (Å²) in [6, 6.07) is 0. The van der Waals surface area contributed by atoms with Gasteiger partial charge in [-0.1, -0.05) is 40.0 Å². The van der Waals surface area contributed by atoms with Crippen molar-refractivity contribution in [2.75, 3.05) is 32.7 Å². The van der Waals surface area contributed by atoms with E-state index >= 15 is 0 Å². The number of nitrogens with zero attached hydrogens (tertiary/aromatic N) is 2. The molecule has 0 aromatic carbocycles. The predicted molar refractivity (Wildman–Crippen MR) is 96.5 cm³/mol. The highest BCUT2D eigenvalue weighted by molar-refractivity contribution is 14.0. The Morgan fingerprint density at radius 3 is 2.37 bits per heavy atom. The average Bonchev–Trinajstić information content (AvgIpc) is 2.37. The van der Waals surface area contributed by atoms with Crippen LogP contribution in [-0.2, 0) is 0 Å². The van der Waals surface area contributed by atoms with Gasteiger partial charge in [0.05, 0.1) is 0 Å². The van der Waals surface area contributed by atoms with Crippen molar-refractivity contribution in [3.63, 3.8) is 0 Å². The SMILES string of the molecule is CCCCCCN=C(N)NCCN(CC)CCC.I. The second-order valence-corrected chi connectivity index (χ2v) is 4.69. The quantitative estimate of drug-likeness (QED) is 0.249. The van der Waals surface area contributed by atoms with Gasteiger partial charge in [0.2, 0.25) is 0 Å². The first kappa shape index (κ1) is 21.3. The lowest BCUT2D eigenvalue weighted by atomic mass is 10.2. The van der Waals surface area contributed by atoms with E-state index in [0.717, 1.165) is 39.1 Å². The van der Waals surface area contributed by atoms with Crippen LogP contribution in [0, 0.1) is 0 Å². The highest BCUT2D eigenvalue weighted by Gasteiger charge is 1.99. The van der Waals surface area contributed by atoms with Gasteiger partial charge in [-0.2, -0.15) is 0 Å². The van der Waals surface area contributed by atoms with Crippen molar-refractivity contribution in [1.82, 2.24) is 10.2 Å². The average molecular weight is 384 g/mol. The lowest BCUT2D eigenvalue weighted by molar-refractivity contribution is 0.293. The molecule has 0 saturated heterocycles. The maximum Gasteiger partial charge on any atom is 0.188 e. The number of rotatable bonds is 11. The Labute approximate surface area is 136 Å². The van der Waals surface area contributed by atoms with Crippen LogP contribution in [-0.4, -0.2) is 43.6 Å². The fourth-order valence-electron chi connectivity index (χ4n) is 1.88. The third-order valence-electron chi connectivity index (χ3n) is 3.02. The molecule has 0 aliphatic carbocycles. The van der Waals surface area contributed by atoms with Crippen LogP contribution in [0.15, 0.2) is 4.99 Å². The number of unbranched alkanes of at least 4 members (excludes halogenated alkanes) is 3. The maximum atomic E-state index is 5.81. The van der Waals surface area contributed by atoms with Gasteiger partial charge in [0.1, 0.15) is 0 Å². The van der Waals surface area contributed by atoms with Gasteiger partial charge in [-0.05, 0) is 25.9 Å². The molecule has 0 unspecified atom stereocenters. The summed E-state index contributed by atoms with van der Waals surface area (Å²) in [5.41, 5.74) is 5.81. The molecule has 0 rings (SSSR count). The van der Waals surface area contributed by atoms with E-state index < -0.39 is 0 Å². The van der Waals surface area contributed by atoms with Gasteiger partial charge >= 0.3 is 0 Å². The monoisotopic (exact) mass is 384 g/mol. The third kappa shape index (κ3) is 14.2. The largest absolute Gasteiger partial charge is 0.370 e. The number of guanidine groups is 1. The lowest BCUT2D eigenvalue weighted by Crippen LogP contribution is -2.38. The first-order valence-electron chi connectivity index (χ1n) is 7.50. The van der Waals surface area contributed by atoms with Gasteiger partial charge in [0, 0.05) is 19.6 Å². The van der Waals surface area contributed by atoms with E-state index in [0.29, 0.717) is 5.96 Å². The van der Waals surface area contributed by atoms with E-state index in [2.05, 4.69) is 36.0 Å². The third-order valence-corrected chi connectivity index (χ3v) is 3.02. The Balaban J connectivity index is 0. The van der Waals surface area contributed by atoms with Crippen molar-refractivity contribution >= 4 is 29.9 Å². The molecule has 4 nitrogen and oxygen atoms in total. The molecule has 0 radical (unpaired) electrons. The number of nitrogens with one attached hydrogen (secondary N) is 1. The topological polar surface area (TPSA) is 53.6 Å². The van der Waals surface area contributed by atoms with Crippen molar-refractivity contribution < 1.29 is 0 Å². The Morgan fingerprint density at radius 2 is 1.79 bits per heavy atom. The molecule has 0 aromatic heterocycles. The van der Waals surface area contributed by atoms with E-state index in [1.54, 1.807) is 0 Å². The second kappa shape index (κ2) is 16.0. The number of likely N-dealkylation sites (N-methyl/N-ethyl adjacent to an activating group) is 1. The molecule has 0 aliphatic rings. The fraction of sp³-hybridized carbons (Fsp3) is 0.929. The summed E-state index contributed by atoms with van der Waals surface area (Å²) >= 11 is 0. The smallest absolute Gasteiger partial charge is 0.188 e. The minimum atomic E-state index is 0. The highest BCUT2D eigenvalue weighted by Crippen LogP contribution is 1.98. The molecule has 0 saturated carbocycles. The van der Waals surface area contributed by atoms with E-state index in [-0.39, 0.29) is 24.0 Å². The molecule has 0 atom stereocenters. The van der Waals surface area contributed by atoms with Gasteiger partial charge < -0.3 is 16.0 Å². The molecule has 0 spiro atoms. The highest BCUT2D eigenvalue weighted by atomic mass is 127. The second-order valence-electron chi connectivity index (χ2n) is 4.69. The van der Waals surface area contributed by atoms with Crippen molar-refractivity contribution in [2.45, 2.75) is 52.9 Å². The van der Waals surface area contributed by atoms with Crippen molar-refractivity contribution in [1.29, 1.82) is 0 Å². The molecular formula is C14H33IN4. The first-order valence-corrected chi connectivity index (χ1v) is 7.50. The molecule has 0 bridgehead atoms. The van der Waals surface area contributed by atoms with Crippen LogP contribution in [0.2, 0.25) is 0 Å². The Hall–Kier alpha value is -0.0400. The van der Waals surface area contributed by atoms with Crippen LogP contribution in [0.3, 0.4) is 0 Å². The van der Waals surface area contributed by atoms with Crippen LogP contribution < -0.4 is 11.1 Å². The lowest BCUT2D eigenvalue weighted by Gasteiger charge is -2.19. The molecule has 0 aromatic rings. The predicted octanol–water partition coefficient (Wildman–Crippen LogP) is 2.82. The maximum absolute atomic E-state index is 5.81. The summed E-state index contributed by atoms with van der Waals surface area (Å²) < 4.78 is 0. The Kier molecular flexibility index (Phi) is 17.9. The van der Waals surface area contributed by atoms with Crippen molar-refractivity contribution in [3.05, 3.63) is 0 Å². The van der Waals surface area contributed by atoms with Crippen molar-refractivity contribution in [3.8, 4) is 0 Å². The zero-order chi connectivity index (χ0) is 13.6. The van der Waals surface area contributed by atoms with Gasteiger partial charge in [-0.15, -0.1) is 24.0 Å². The first-order chi connectivity index (χ1) is 8.74. The summed E-state index contributed by atoms with van der Waals surface area (Å²) in [6.45, 7) is 11.7. The van der Waals surface area contributed by atoms with E-state index in [1.807, 2.05) is 0 Å². The number of hydrogen-bond donors (Lipinski definition) is 2. The number of hydrogen-bond acceptors (Lipinski definition) is 2. The summed E-state index contributed by atoms with van der Waals surface area (Å²) in [5, 5.41) is 3.18. The van der Waals surface area contributed by atoms with Crippen LogP contribution >= 0.6 is 24.0 Å². The summed E-state index contributed by atoms with van der Waals surface area (Å²) in [6.07, 6.45) is 6.17. The van der Waals surface area contributed by atoms with Crippen molar-refractivity contribution in [2.24, 2.45) is 10.7 Å². The van der Waals surface area contributed by atoms with E-state index in [4.69, 9.17) is 5.73 Å².